The molecule has 1 aliphatic rings. The Morgan fingerprint density at radius 1 is 0.649 bits per heavy atom. The molecule has 2 unspecified atom stereocenters. The van der Waals surface area contributed by atoms with Crippen molar-refractivity contribution in [3.8, 4) is 5.75 Å². The first-order valence-corrected chi connectivity index (χ1v) is 27.8. The van der Waals surface area contributed by atoms with Gasteiger partial charge in [-0.25, -0.2) is 4.79 Å². The van der Waals surface area contributed by atoms with Crippen molar-refractivity contribution in [3.05, 3.63) is 29.8 Å². The average molecular weight is 1040 g/mol. The van der Waals surface area contributed by atoms with Crippen molar-refractivity contribution in [2.75, 3.05) is 6.54 Å². The van der Waals surface area contributed by atoms with E-state index in [1.807, 2.05) is 55.4 Å². The molecule has 1 saturated heterocycles. The second-order valence-corrected chi connectivity index (χ2v) is 24.1. The first-order chi connectivity index (χ1) is 34.4. The number of nitrogens with zero attached hydrogens (tertiary/aromatic N) is 1. The van der Waals surface area contributed by atoms with E-state index in [9.17, 15) is 38.7 Å². The molecule has 0 aliphatic carbocycles. The van der Waals surface area contributed by atoms with Crippen molar-refractivity contribution < 1.29 is 52.9 Å². The summed E-state index contributed by atoms with van der Waals surface area (Å²) in [6.45, 7) is 27.8. The van der Waals surface area contributed by atoms with Crippen LogP contribution in [0.4, 0.5) is 0 Å². The highest BCUT2D eigenvalue weighted by atomic mass is 16.5. The lowest BCUT2D eigenvalue weighted by Crippen LogP contribution is -2.62. The predicted octanol–water partition coefficient (Wildman–Crippen LogP) is 9.17. The molecule has 1 fully saturated rings. The summed E-state index contributed by atoms with van der Waals surface area (Å²) >= 11 is 0. The maximum absolute atomic E-state index is 14.8. The monoisotopic (exact) mass is 1040 g/mol. The lowest BCUT2D eigenvalue weighted by Gasteiger charge is -2.36. The number of nitrogens with one attached hydrogen (secondary N) is 4. The van der Waals surface area contributed by atoms with E-state index in [2.05, 4.69) is 28.2 Å². The minimum atomic E-state index is -1.35. The molecule has 16 nitrogen and oxygen atoms in total. The van der Waals surface area contributed by atoms with E-state index >= 15 is 0 Å². The van der Waals surface area contributed by atoms with E-state index in [-0.39, 0.29) is 37.5 Å². The summed E-state index contributed by atoms with van der Waals surface area (Å²) in [5, 5.41) is 21.0. The molecule has 1 aromatic rings. The van der Waals surface area contributed by atoms with E-state index in [1.165, 1.54) is 56.8 Å². The highest BCUT2D eigenvalue weighted by molar-refractivity contribution is 5.97. The van der Waals surface area contributed by atoms with Gasteiger partial charge in [0.15, 0.2) is 0 Å². The maximum Gasteiger partial charge on any atom is 0.326 e. The Labute approximate surface area is 445 Å². The van der Waals surface area contributed by atoms with E-state index in [1.54, 1.807) is 58.9 Å². The van der Waals surface area contributed by atoms with Crippen LogP contribution >= 0.6 is 0 Å². The number of rotatable bonds is 33. The van der Waals surface area contributed by atoms with Gasteiger partial charge in [-0.1, -0.05) is 97.1 Å². The minimum Gasteiger partial charge on any atom is -0.488 e. The van der Waals surface area contributed by atoms with Crippen molar-refractivity contribution >= 4 is 41.3 Å². The van der Waals surface area contributed by atoms with Gasteiger partial charge < -0.3 is 45.5 Å². The van der Waals surface area contributed by atoms with Gasteiger partial charge in [0.2, 0.25) is 29.5 Å². The van der Waals surface area contributed by atoms with Gasteiger partial charge in [0.25, 0.3) is 0 Å². The number of carboxylic acids is 1. The average Bonchev–Trinajstić information content (AvgIpc) is 3.77. The molecule has 422 valence electrons. The molecule has 5 amide bonds. The van der Waals surface area contributed by atoms with Gasteiger partial charge in [-0.2, -0.15) is 0 Å². The predicted molar refractivity (Wildman–Crippen MR) is 291 cm³/mol. The number of unbranched alkanes of at least 4 members (excludes halogenated alkanes) is 10. The zero-order chi connectivity index (χ0) is 56.0. The molecule has 5 N–H and O–H groups in total. The largest absolute Gasteiger partial charge is 0.488 e. The second kappa shape index (κ2) is 31.5. The van der Waals surface area contributed by atoms with Crippen LogP contribution in [0.1, 0.15) is 212 Å². The highest BCUT2D eigenvalue weighted by Gasteiger charge is 2.43. The molecule has 0 bridgehead atoms. The summed E-state index contributed by atoms with van der Waals surface area (Å²) in [5.41, 5.74) is -1.24. The highest BCUT2D eigenvalue weighted by Crippen LogP contribution is 2.25. The molecule has 1 aromatic carbocycles. The third-order valence-corrected chi connectivity index (χ3v) is 12.8. The van der Waals surface area contributed by atoms with Crippen molar-refractivity contribution in [1.29, 1.82) is 0 Å². The lowest BCUT2D eigenvalue weighted by atomic mass is 9.90. The third kappa shape index (κ3) is 25.8. The van der Waals surface area contributed by atoms with Crippen LogP contribution in [0.5, 0.6) is 5.75 Å². The number of carboxylic acid groups (broad SMARTS) is 1. The fourth-order valence-electron chi connectivity index (χ4n) is 9.39. The van der Waals surface area contributed by atoms with E-state index < -0.39 is 101 Å². The Morgan fingerprint density at radius 2 is 1.18 bits per heavy atom. The fraction of sp³-hybridized carbons (Fsp3) is 0.776. The number of Topliss-reactive ketones (excluding diaryl/α,β-unsaturated/α-hetero) is 1. The van der Waals surface area contributed by atoms with Gasteiger partial charge in [0.1, 0.15) is 47.3 Å². The van der Waals surface area contributed by atoms with Gasteiger partial charge in [0, 0.05) is 31.7 Å². The quantitative estimate of drug-likeness (QED) is 0.0418. The van der Waals surface area contributed by atoms with Crippen molar-refractivity contribution in [1.82, 2.24) is 26.2 Å². The smallest absolute Gasteiger partial charge is 0.326 e. The Hall–Kier alpha value is -4.57. The third-order valence-electron chi connectivity index (χ3n) is 12.8. The number of hydrogen-bond donors (Lipinski definition) is 5. The molecule has 2 rings (SSSR count). The van der Waals surface area contributed by atoms with Crippen molar-refractivity contribution in [2.24, 2.45) is 11.8 Å². The summed E-state index contributed by atoms with van der Waals surface area (Å²) in [4.78, 5) is 98.2. The van der Waals surface area contributed by atoms with Crippen LogP contribution in [0.2, 0.25) is 0 Å². The van der Waals surface area contributed by atoms with Crippen LogP contribution < -0.4 is 26.0 Å². The molecule has 1 heterocycles. The number of ketones is 1. The zero-order valence-electron chi connectivity index (χ0n) is 48.2. The first kappa shape index (κ1) is 65.5. The molecule has 0 saturated carbocycles. The number of hydrogen-bond acceptors (Lipinski definition) is 10. The van der Waals surface area contributed by atoms with Gasteiger partial charge in [0.05, 0.1) is 23.4 Å². The van der Waals surface area contributed by atoms with E-state index in [0.29, 0.717) is 30.6 Å². The summed E-state index contributed by atoms with van der Waals surface area (Å²) < 4.78 is 18.3. The summed E-state index contributed by atoms with van der Waals surface area (Å²) in [6, 6.07) is 0.767. The first-order valence-electron chi connectivity index (χ1n) is 27.8. The van der Waals surface area contributed by atoms with Crippen molar-refractivity contribution in [2.45, 2.75) is 272 Å². The maximum atomic E-state index is 14.8. The number of carbonyl (C=O) groups is 7. The summed E-state index contributed by atoms with van der Waals surface area (Å²) in [7, 11) is 0. The topological polar surface area (TPSA) is 219 Å². The number of carbonyl (C=O) groups excluding carboxylic acids is 6. The SMILES string of the molecule is CCCCCCCCCCCCCC(=O)C[C@@H](CC(C)C)C(=O)N[C@H](C(=O)N1CCC[C@@H]1C(=O)N[C@H](C(=O)N[C@@H](C)C(=O)N[C@@H](Cc1ccc(OC(C)(C)C)cc1)C(=O)O)C(C)OC(C)(C)C)C(C)OC(C)(C)C. The Balaban J connectivity index is 2.25. The number of ether oxygens (including phenoxy) is 3. The van der Waals surface area contributed by atoms with Gasteiger partial charge in [-0.3, -0.25) is 28.8 Å². The minimum absolute atomic E-state index is 0.0204. The number of benzene rings is 1. The molecule has 0 spiro atoms. The van der Waals surface area contributed by atoms with Crippen LogP contribution in [-0.2, 0) is 49.5 Å². The Bertz CT molecular complexity index is 1920. The molecule has 0 aromatic heterocycles. The van der Waals surface area contributed by atoms with Gasteiger partial charge in [-0.05, 0) is 132 Å². The molecular formula is C58H99N5O11. The van der Waals surface area contributed by atoms with Crippen molar-refractivity contribution in [3.63, 3.8) is 0 Å². The second-order valence-electron chi connectivity index (χ2n) is 24.1. The van der Waals surface area contributed by atoms with Crippen LogP contribution in [0, 0.1) is 11.8 Å². The molecule has 8 atom stereocenters. The van der Waals surface area contributed by atoms with Crippen LogP contribution in [-0.4, -0.2) is 117 Å². The number of aliphatic carboxylic acids is 1. The zero-order valence-corrected chi connectivity index (χ0v) is 48.2. The normalized spacial score (nSPS) is 17.1. The Kier molecular flexibility index (Phi) is 27.9. The van der Waals surface area contributed by atoms with Crippen LogP contribution in [0.15, 0.2) is 24.3 Å². The summed E-state index contributed by atoms with van der Waals surface area (Å²) in [6.07, 6.45) is 12.7. The molecule has 1 aliphatic heterocycles. The summed E-state index contributed by atoms with van der Waals surface area (Å²) in [5.74, 6) is -4.32. The number of amides is 5. The van der Waals surface area contributed by atoms with E-state index in [4.69, 9.17) is 14.2 Å². The van der Waals surface area contributed by atoms with Crippen LogP contribution in [0.3, 0.4) is 0 Å². The van der Waals surface area contributed by atoms with Gasteiger partial charge >= 0.3 is 5.97 Å². The van der Waals surface area contributed by atoms with E-state index in [0.717, 1.165) is 25.7 Å². The standard InChI is InChI=1S/C58H99N5O11/c1-16-17-18-19-20-21-22-23-24-25-26-28-44(64)37-43(35-38(2)3)51(66)62-49(41(6)73-57(10,11)12)54(69)63-34-27-29-47(63)52(67)61-48(40(5)72-56(7,8)9)53(68)59-39(4)50(65)60-46(55(70)71)36-42-30-32-45(33-31-42)74-58(13,14)15/h30-33,38-41,43,46-49H,16-29,34-37H2,1-15H3,(H,59,68)(H,60,65)(H,61,67)(H,62,66)(H,70,71)/t39-,40?,41?,43+,46-,47+,48-,49-/m0/s1. The lowest BCUT2D eigenvalue weighted by molar-refractivity contribution is -0.150. The molecule has 16 heteroatoms. The Morgan fingerprint density at radius 3 is 1.68 bits per heavy atom. The number of likely N-dealkylation sites (tertiary alicyclic amines) is 1. The molecule has 0 radical (unpaired) electrons. The molecular weight excluding hydrogens is 943 g/mol. The van der Waals surface area contributed by atoms with Crippen LogP contribution in [0.25, 0.3) is 0 Å². The van der Waals surface area contributed by atoms with Gasteiger partial charge in [-0.15, -0.1) is 0 Å². The molecule has 74 heavy (non-hydrogen) atoms. The fourth-order valence-corrected chi connectivity index (χ4v) is 9.39.